The molecule has 0 saturated carbocycles. The van der Waals surface area contributed by atoms with E-state index in [1.807, 2.05) is 6.92 Å². The molecular weight excluding hydrogens is 321 g/mol. The minimum Gasteiger partial charge on any atom is -0.480 e. The third kappa shape index (κ3) is 4.11. The van der Waals surface area contributed by atoms with E-state index in [0.717, 1.165) is 17.4 Å². The molecule has 23 heavy (non-hydrogen) atoms. The summed E-state index contributed by atoms with van der Waals surface area (Å²) in [7, 11) is 0. The highest BCUT2D eigenvalue weighted by Gasteiger charge is 2.16. The van der Waals surface area contributed by atoms with Crippen LogP contribution in [-0.4, -0.2) is 34.6 Å². The van der Waals surface area contributed by atoms with Crippen molar-refractivity contribution in [2.45, 2.75) is 19.4 Å². The number of thiazole rings is 1. The molecule has 0 fully saturated rings. The van der Waals surface area contributed by atoms with Gasteiger partial charge in [0.15, 0.2) is 0 Å². The Hall–Kier alpha value is -2.32. The Bertz CT molecular complexity index is 733. The second kappa shape index (κ2) is 7.30. The van der Waals surface area contributed by atoms with Crippen LogP contribution in [0.1, 0.15) is 22.2 Å². The van der Waals surface area contributed by atoms with Crippen molar-refractivity contribution < 1.29 is 19.1 Å². The van der Waals surface area contributed by atoms with Crippen molar-refractivity contribution in [2.24, 2.45) is 5.73 Å². The highest BCUT2D eigenvalue weighted by atomic mass is 32.1. The largest absolute Gasteiger partial charge is 0.480 e. The quantitative estimate of drug-likeness (QED) is 0.743. The lowest BCUT2D eigenvalue weighted by Crippen LogP contribution is -2.42. The molecular formula is C15H16FN3O3S. The number of nitrogens with zero attached hydrogens (tertiary/aromatic N) is 1. The van der Waals surface area contributed by atoms with Gasteiger partial charge in [-0.25, -0.2) is 9.37 Å². The highest BCUT2D eigenvalue weighted by Crippen LogP contribution is 2.27. The third-order valence-corrected chi connectivity index (χ3v) is 4.17. The van der Waals surface area contributed by atoms with E-state index in [0.29, 0.717) is 11.3 Å². The smallest absolute Gasteiger partial charge is 0.322 e. The second-order valence-corrected chi connectivity index (χ2v) is 5.80. The van der Waals surface area contributed by atoms with Crippen molar-refractivity contribution in [1.82, 2.24) is 10.3 Å². The summed E-state index contributed by atoms with van der Waals surface area (Å²) in [6.07, 6.45) is 0.755. The van der Waals surface area contributed by atoms with Gasteiger partial charge in [-0.15, -0.1) is 11.3 Å². The molecule has 2 rings (SSSR count). The van der Waals surface area contributed by atoms with Gasteiger partial charge in [-0.05, 0) is 24.6 Å². The molecule has 1 heterocycles. The molecule has 1 aromatic heterocycles. The number of aliphatic carboxylic acids is 1. The van der Waals surface area contributed by atoms with Crippen LogP contribution >= 0.6 is 11.3 Å². The van der Waals surface area contributed by atoms with Crippen molar-refractivity contribution in [3.63, 3.8) is 0 Å². The SMILES string of the molecule is CCc1scnc1-c1cc(F)cc(C(=O)NC[C@@H](N)C(=O)O)c1. The summed E-state index contributed by atoms with van der Waals surface area (Å²) in [5.74, 6) is -2.37. The van der Waals surface area contributed by atoms with E-state index in [4.69, 9.17) is 10.8 Å². The van der Waals surface area contributed by atoms with Gasteiger partial charge in [0.1, 0.15) is 11.9 Å². The van der Waals surface area contributed by atoms with E-state index < -0.39 is 23.7 Å². The Balaban J connectivity index is 2.23. The minimum atomic E-state index is -1.22. The molecule has 4 N–H and O–H groups in total. The second-order valence-electron chi connectivity index (χ2n) is 4.86. The minimum absolute atomic E-state index is 0.0904. The van der Waals surface area contributed by atoms with E-state index in [2.05, 4.69) is 10.3 Å². The molecule has 8 heteroatoms. The van der Waals surface area contributed by atoms with Crippen molar-refractivity contribution in [3.05, 3.63) is 40.0 Å². The summed E-state index contributed by atoms with van der Waals surface area (Å²) < 4.78 is 13.8. The van der Waals surface area contributed by atoms with Crippen LogP contribution in [0, 0.1) is 5.82 Å². The summed E-state index contributed by atoms with van der Waals surface area (Å²) in [6.45, 7) is 1.73. The predicted molar refractivity (Wildman–Crippen MR) is 84.8 cm³/mol. The first-order valence-electron chi connectivity index (χ1n) is 6.92. The average molecular weight is 337 g/mol. The molecule has 1 amide bonds. The maximum Gasteiger partial charge on any atom is 0.322 e. The molecule has 0 bridgehead atoms. The fourth-order valence-electron chi connectivity index (χ4n) is 2.01. The van der Waals surface area contributed by atoms with Gasteiger partial charge < -0.3 is 16.2 Å². The van der Waals surface area contributed by atoms with E-state index in [1.165, 1.54) is 23.5 Å². The first kappa shape index (κ1) is 17.0. The number of benzene rings is 1. The molecule has 0 aliphatic carbocycles. The Labute approximate surface area is 136 Å². The van der Waals surface area contributed by atoms with E-state index >= 15 is 0 Å². The van der Waals surface area contributed by atoms with Crippen LogP contribution in [0.25, 0.3) is 11.3 Å². The average Bonchev–Trinajstić information content (AvgIpc) is 3.00. The number of carboxylic acid groups (broad SMARTS) is 1. The number of halogens is 1. The molecule has 6 nitrogen and oxygen atoms in total. The van der Waals surface area contributed by atoms with Crippen LogP contribution in [0.5, 0.6) is 0 Å². The van der Waals surface area contributed by atoms with Crippen molar-refractivity contribution in [3.8, 4) is 11.3 Å². The number of carbonyl (C=O) groups is 2. The molecule has 2 aromatic rings. The summed E-state index contributed by atoms with van der Waals surface area (Å²) in [6, 6.07) is 2.72. The fourth-order valence-corrected chi connectivity index (χ4v) is 2.74. The van der Waals surface area contributed by atoms with Crippen LogP contribution in [-0.2, 0) is 11.2 Å². The molecule has 0 saturated heterocycles. The molecule has 0 unspecified atom stereocenters. The van der Waals surface area contributed by atoms with Gasteiger partial charge in [0.05, 0.1) is 11.2 Å². The maximum atomic E-state index is 13.8. The number of hydrogen-bond acceptors (Lipinski definition) is 5. The Morgan fingerprint density at radius 3 is 2.83 bits per heavy atom. The van der Waals surface area contributed by atoms with Crippen molar-refractivity contribution in [2.75, 3.05) is 6.54 Å². The third-order valence-electron chi connectivity index (χ3n) is 3.20. The van der Waals surface area contributed by atoms with Gasteiger partial charge in [-0.3, -0.25) is 9.59 Å². The highest BCUT2D eigenvalue weighted by molar-refractivity contribution is 7.10. The number of rotatable bonds is 6. The van der Waals surface area contributed by atoms with Gasteiger partial charge in [0, 0.05) is 22.5 Å². The van der Waals surface area contributed by atoms with Crippen molar-refractivity contribution >= 4 is 23.2 Å². The Morgan fingerprint density at radius 1 is 1.43 bits per heavy atom. The molecule has 0 aliphatic rings. The van der Waals surface area contributed by atoms with Gasteiger partial charge in [0.25, 0.3) is 5.91 Å². The van der Waals surface area contributed by atoms with Crippen LogP contribution in [0.3, 0.4) is 0 Å². The standard InChI is InChI=1S/C15H16FN3O3S/c1-2-12-13(19-7-23-12)8-3-9(5-10(16)4-8)14(20)18-6-11(17)15(21)22/h3-5,7,11H,2,6,17H2,1H3,(H,18,20)(H,21,22)/t11-/m1/s1. The predicted octanol–water partition coefficient (Wildman–Crippen LogP) is 1.65. The number of aromatic nitrogens is 1. The first-order chi connectivity index (χ1) is 10.9. The monoisotopic (exact) mass is 337 g/mol. The van der Waals surface area contributed by atoms with Crippen LogP contribution in [0.2, 0.25) is 0 Å². The number of nitrogens with one attached hydrogen (secondary N) is 1. The summed E-state index contributed by atoms with van der Waals surface area (Å²) in [5.41, 5.74) is 8.24. The lowest BCUT2D eigenvalue weighted by Gasteiger charge is -2.10. The fraction of sp³-hybridized carbons (Fsp3) is 0.267. The van der Waals surface area contributed by atoms with E-state index in [1.54, 1.807) is 5.51 Å². The zero-order valence-corrected chi connectivity index (χ0v) is 13.2. The Morgan fingerprint density at radius 2 is 2.17 bits per heavy atom. The Kier molecular flexibility index (Phi) is 5.41. The topological polar surface area (TPSA) is 105 Å². The maximum absolute atomic E-state index is 13.8. The molecule has 0 spiro atoms. The number of aryl methyl sites for hydroxylation is 1. The van der Waals surface area contributed by atoms with Gasteiger partial charge >= 0.3 is 5.97 Å². The zero-order valence-electron chi connectivity index (χ0n) is 12.4. The molecule has 1 atom stereocenters. The van der Waals surface area contributed by atoms with E-state index in [9.17, 15) is 14.0 Å². The van der Waals surface area contributed by atoms with Gasteiger partial charge in [-0.2, -0.15) is 0 Å². The zero-order chi connectivity index (χ0) is 17.0. The lowest BCUT2D eigenvalue weighted by atomic mass is 10.1. The van der Waals surface area contributed by atoms with Crippen LogP contribution in [0.4, 0.5) is 4.39 Å². The van der Waals surface area contributed by atoms with Gasteiger partial charge in [-0.1, -0.05) is 6.92 Å². The van der Waals surface area contributed by atoms with E-state index in [-0.39, 0.29) is 12.1 Å². The number of hydrogen-bond donors (Lipinski definition) is 3. The first-order valence-corrected chi connectivity index (χ1v) is 7.80. The lowest BCUT2D eigenvalue weighted by molar-refractivity contribution is -0.138. The van der Waals surface area contributed by atoms with Crippen LogP contribution in [0.15, 0.2) is 23.7 Å². The summed E-state index contributed by atoms with van der Waals surface area (Å²) in [4.78, 5) is 27.9. The van der Waals surface area contributed by atoms with Crippen molar-refractivity contribution in [1.29, 1.82) is 0 Å². The number of nitrogens with two attached hydrogens (primary N) is 1. The summed E-state index contributed by atoms with van der Waals surface area (Å²) >= 11 is 1.47. The van der Waals surface area contributed by atoms with Crippen LogP contribution < -0.4 is 11.1 Å². The number of carboxylic acids is 1. The molecule has 0 aliphatic heterocycles. The number of amides is 1. The molecule has 1 aromatic carbocycles. The molecule has 0 radical (unpaired) electrons. The number of carbonyl (C=O) groups excluding carboxylic acids is 1. The normalized spacial score (nSPS) is 12.0. The molecule has 122 valence electrons. The summed E-state index contributed by atoms with van der Waals surface area (Å²) in [5, 5.41) is 11.1. The van der Waals surface area contributed by atoms with Gasteiger partial charge in [0.2, 0.25) is 0 Å².